The summed E-state index contributed by atoms with van der Waals surface area (Å²) in [4.78, 5) is 0. The predicted octanol–water partition coefficient (Wildman–Crippen LogP) is 3.25. The molecular formula is C15H23NO. The Morgan fingerprint density at radius 1 is 1.24 bits per heavy atom. The molecule has 1 aliphatic rings. The van der Waals surface area contributed by atoms with Crippen LogP contribution in [0.4, 0.5) is 0 Å². The molecular weight excluding hydrogens is 210 g/mol. The minimum Gasteiger partial charge on any atom is -0.377 e. The summed E-state index contributed by atoms with van der Waals surface area (Å²) in [7, 11) is 0. The maximum absolute atomic E-state index is 5.91. The average Bonchev–Trinajstić information content (AvgIpc) is 2.34. The molecule has 3 unspecified atom stereocenters. The molecule has 0 saturated heterocycles. The molecule has 0 amide bonds. The predicted molar refractivity (Wildman–Crippen MR) is 71.3 cm³/mol. The molecule has 0 bridgehead atoms. The monoisotopic (exact) mass is 233 g/mol. The van der Waals surface area contributed by atoms with Crippen molar-refractivity contribution in [1.29, 1.82) is 0 Å². The molecule has 1 N–H and O–H groups in total. The molecule has 17 heavy (non-hydrogen) atoms. The Morgan fingerprint density at radius 3 is 2.59 bits per heavy atom. The average molecular weight is 233 g/mol. The van der Waals surface area contributed by atoms with Crippen LogP contribution in [0.1, 0.15) is 50.3 Å². The molecule has 0 aromatic heterocycles. The Kier molecular flexibility index (Phi) is 4.19. The molecule has 0 saturated carbocycles. The molecule has 1 aromatic rings. The van der Waals surface area contributed by atoms with E-state index in [1.54, 1.807) is 0 Å². The number of nitrogens with one attached hydrogen (secondary N) is 1. The summed E-state index contributed by atoms with van der Waals surface area (Å²) >= 11 is 0. The SMILES string of the molecule is CCNC1c2ccccc2C(C)CC1OCC. The number of rotatable bonds is 4. The van der Waals surface area contributed by atoms with E-state index in [2.05, 4.69) is 50.4 Å². The van der Waals surface area contributed by atoms with Crippen LogP contribution >= 0.6 is 0 Å². The van der Waals surface area contributed by atoms with E-state index in [9.17, 15) is 0 Å². The van der Waals surface area contributed by atoms with E-state index in [1.165, 1.54) is 11.1 Å². The summed E-state index contributed by atoms with van der Waals surface area (Å²) in [6, 6.07) is 9.12. The van der Waals surface area contributed by atoms with E-state index in [1.807, 2.05) is 0 Å². The molecule has 2 nitrogen and oxygen atoms in total. The summed E-state index contributed by atoms with van der Waals surface area (Å²) in [6.07, 6.45) is 1.42. The first kappa shape index (κ1) is 12.6. The number of ether oxygens (including phenoxy) is 1. The summed E-state index contributed by atoms with van der Waals surface area (Å²) in [5.41, 5.74) is 2.90. The van der Waals surface area contributed by atoms with Gasteiger partial charge < -0.3 is 10.1 Å². The van der Waals surface area contributed by atoms with Crippen molar-refractivity contribution in [3.63, 3.8) is 0 Å². The van der Waals surface area contributed by atoms with Crippen molar-refractivity contribution in [3.05, 3.63) is 35.4 Å². The van der Waals surface area contributed by atoms with Gasteiger partial charge in [0, 0.05) is 6.61 Å². The van der Waals surface area contributed by atoms with Crippen molar-refractivity contribution >= 4 is 0 Å². The fraction of sp³-hybridized carbons (Fsp3) is 0.600. The van der Waals surface area contributed by atoms with Gasteiger partial charge in [0.2, 0.25) is 0 Å². The Hall–Kier alpha value is -0.860. The third-order valence-electron chi connectivity index (χ3n) is 3.62. The Bertz CT molecular complexity index is 364. The zero-order valence-electron chi connectivity index (χ0n) is 11.1. The highest BCUT2D eigenvalue weighted by Crippen LogP contribution is 2.38. The minimum absolute atomic E-state index is 0.310. The second-order valence-corrected chi connectivity index (χ2v) is 4.79. The van der Waals surface area contributed by atoms with Crippen LogP contribution in [0, 0.1) is 0 Å². The number of hydrogen-bond acceptors (Lipinski definition) is 2. The van der Waals surface area contributed by atoms with Crippen molar-refractivity contribution in [3.8, 4) is 0 Å². The molecule has 0 heterocycles. The quantitative estimate of drug-likeness (QED) is 0.862. The standard InChI is InChI=1S/C15H23NO/c1-4-16-15-13-9-7-6-8-12(13)11(3)10-14(15)17-5-2/h6-9,11,14-16H,4-5,10H2,1-3H3. The second kappa shape index (κ2) is 5.65. The van der Waals surface area contributed by atoms with Gasteiger partial charge in [-0.05, 0) is 36.9 Å². The number of benzene rings is 1. The van der Waals surface area contributed by atoms with Crippen LogP contribution in [-0.2, 0) is 4.74 Å². The third kappa shape index (κ3) is 2.53. The van der Waals surface area contributed by atoms with E-state index < -0.39 is 0 Å². The molecule has 0 aliphatic heterocycles. The lowest BCUT2D eigenvalue weighted by Crippen LogP contribution is -2.38. The Balaban J connectivity index is 2.32. The van der Waals surface area contributed by atoms with Crippen LogP contribution in [0.15, 0.2) is 24.3 Å². The lowest BCUT2D eigenvalue weighted by Gasteiger charge is -2.37. The van der Waals surface area contributed by atoms with Crippen molar-refractivity contribution < 1.29 is 4.74 Å². The van der Waals surface area contributed by atoms with Gasteiger partial charge in [0.25, 0.3) is 0 Å². The second-order valence-electron chi connectivity index (χ2n) is 4.79. The lowest BCUT2D eigenvalue weighted by molar-refractivity contribution is 0.0187. The molecule has 3 atom stereocenters. The van der Waals surface area contributed by atoms with Gasteiger partial charge in [-0.25, -0.2) is 0 Å². The summed E-state index contributed by atoms with van der Waals surface area (Å²) in [5.74, 6) is 0.595. The van der Waals surface area contributed by atoms with Gasteiger partial charge in [0.15, 0.2) is 0 Å². The number of likely N-dealkylation sites (N-methyl/N-ethyl adjacent to an activating group) is 1. The Labute approximate surface area is 104 Å². The molecule has 0 fully saturated rings. The van der Waals surface area contributed by atoms with Crippen LogP contribution in [-0.4, -0.2) is 19.3 Å². The van der Waals surface area contributed by atoms with Gasteiger partial charge in [0.1, 0.15) is 0 Å². The van der Waals surface area contributed by atoms with Crippen molar-refractivity contribution in [1.82, 2.24) is 5.32 Å². The van der Waals surface area contributed by atoms with Crippen LogP contribution in [0.2, 0.25) is 0 Å². The zero-order valence-corrected chi connectivity index (χ0v) is 11.1. The minimum atomic E-state index is 0.310. The highest BCUT2D eigenvalue weighted by molar-refractivity contribution is 5.36. The number of hydrogen-bond donors (Lipinski definition) is 1. The smallest absolute Gasteiger partial charge is 0.0775 e. The highest BCUT2D eigenvalue weighted by atomic mass is 16.5. The maximum atomic E-state index is 5.91. The van der Waals surface area contributed by atoms with E-state index in [0.717, 1.165) is 19.6 Å². The molecule has 94 valence electrons. The van der Waals surface area contributed by atoms with Crippen molar-refractivity contribution in [2.45, 2.75) is 45.3 Å². The molecule has 0 radical (unpaired) electrons. The number of fused-ring (bicyclic) bond motifs is 1. The van der Waals surface area contributed by atoms with Gasteiger partial charge in [0.05, 0.1) is 12.1 Å². The fourth-order valence-electron chi connectivity index (χ4n) is 2.89. The third-order valence-corrected chi connectivity index (χ3v) is 3.62. The highest BCUT2D eigenvalue weighted by Gasteiger charge is 2.32. The van der Waals surface area contributed by atoms with Crippen LogP contribution in [0.5, 0.6) is 0 Å². The van der Waals surface area contributed by atoms with E-state index in [-0.39, 0.29) is 0 Å². The van der Waals surface area contributed by atoms with E-state index in [0.29, 0.717) is 18.1 Å². The van der Waals surface area contributed by atoms with Gasteiger partial charge in [-0.3, -0.25) is 0 Å². The van der Waals surface area contributed by atoms with Gasteiger partial charge >= 0.3 is 0 Å². The summed E-state index contributed by atoms with van der Waals surface area (Å²) in [6.45, 7) is 8.31. The molecule has 2 rings (SSSR count). The summed E-state index contributed by atoms with van der Waals surface area (Å²) in [5, 5.41) is 3.57. The molecule has 1 aliphatic carbocycles. The zero-order chi connectivity index (χ0) is 12.3. The summed E-state index contributed by atoms with van der Waals surface area (Å²) < 4.78 is 5.91. The van der Waals surface area contributed by atoms with Crippen LogP contribution < -0.4 is 5.32 Å². The first-order valence-electron chi connectivity index (χ1n) is 6.71. The molecule has 0 spiro atoms. The largest absolute Gasteiger partial charge is 0.377 e. The Morgan fingerprint density at radius 2 is 1.94 bits per heavy atom. The molecule has 1 aromatic carbocycles. The van der Waals surface area contributed by atoms with Crippen LogP contribution in [0.3, 0.4) is 0 Å². The van der Waals surface area contributed by atoms with Gasteiger partial charge in [-0.2, -0.15) is 0 Å². The van der Waals surface area contributed by atoms with E-state index in [4.69, 9.17) is 4.74 Å². The van der Waals surface area contributed by atoms with Gasteiger partial charge in [-0.15, -0.1) is 0 Å². The van der Waals surface area contributed by atoms with Crippen molar-refractivity contribution in [2.24, 2.45) is 0 Å². The molecule has 2 heteroatoms. The van der Waals surface area contributed by atoms with E-state index >= 15 is 0 Å². The van der Waals surface area contributed by atoms with Crippen molar-refractivity contribution in [2.75, 3.05) is 13.2 Å². The normalized spacial score (nSPS) is 27.8. The first-order chi connectivity index (χ1) is 8.27. The van der Waals surface area contributed by atoms with Gasteiger partial charge in [-0.1, -0.05) is 38.1 Å². The fourth-order valence-corrected chi connectivity index (χ4v) is 2.89. The van der Waals surface area contributed by atoms with Crippen LogP contribution in [0.25, 0.3) is 0 Å². The lowest BCUT2D eigenvalue weighted by atomic mass is 9.79. The first-order valence-corrected chi connectivity index (χ1v) is 6.71. The maximum Gasteiger partial charge on any atom is 0.0775 e. The topological polar surface area (TPSA) is 21.3 Å².